The number of nitrogens with one attached hydrogen (secondary N) is 1. The van der Waals surface area contributed by atoms with Crippen molar-refractivity contribution in [3.63, 3.8) is 0 Å². The van der Waals surface area contributed by atoms with Crippen LogP contribution in [0.4, 0.5) is 10.1 Å². The second-order valence-corrected chi connectivity index (χ2v) is 7.48. The topological polar surface area (TPSA) is 91.6 Å². The lowest BCUT2D eigenvalue weighted by Crippen LogP contribution is -2.13. The van der Waals surface area contributed by atoms with Crippen LogP contribution in [-0.4, -0.2) is 18.1 Å². The minimum Gasteiger partial charge on any atom is -0.508 e. The molecule has 0 aromatic heterocycles. The predicted octanol–water partition coefficient (Wildman–Crippen LogP) is 5.43. The summed E-state index contributed by atoms with van der Waals surface area (Å²) in [4.78, 5) is 12.5. The molecule has 0 unspecified atom stereocenters. The monoisotopic (exact) mass is 496 g/mol. The van der Waals surface area contributed by atoms with Gasteiger partial charge in [-0.25, -0.2) is 4.39 Å². The number of hydrogen-bond acceptors (Lipinski definition) is 5. The largest absolute Gasteiger partial charge is 0.508 e. The number of benzene rings is 3. The third-order valence-electron chi connectivity index (χ3n) is 4.33. The minimum absolute atomic E-state index is 0.0655. The van der Waals surface area contributed by atoms with Gasteiger partial charge in [-0.05, 0) is 81.7 Å². The van der Waals surface area contributed by atoms with Crippen molar-refractivity contribution in [2.45, 2.75) is 6.61 Å². The van der Waals surface area contributed by atoms with E-state index >= 15 is 0 Å². The fourth-order valence-corrected chi connectivity index (χ4v) is 3.38. The van der Waals surface area contributed by atoms with E-state index < -0.39 is 5.91 Å². The highest BCUT2D eigenvalue weighted by molar-refractivity contribution is 9.10. The molecule has 2 N–H and O–H groups in total. The number of carbonyl (C=O) groups is 1. The number of halogens is 2. The SMILES string of the molecule is COc1cc(/C=C(\C#N)C(=O)Nc2ccc(O)cc2)cc(Br)c1OCc1cccc(F)c1. The molecule has 6 nitrogen and oxygen atoms in total. The van der Waals surface area contributed by atoms with Gasteiger partial charge in [0.05, 0.1) is 11.6 Å². The van der Waals surface area contributed by atoms with Crippen molar-refractivity contribution in [2.75, 3.05) is 12.4 Å². The van der Waals surface area contributed by atoms with Gasteiger partial charge in [0.15, 0.2) is 11.5 Å². The molecule has 0 aliphatic rings. The lowest BCUT2D eigenvalue weighted by atomic mass is 10.1. The molecule has 32 heavy (non-hydrogen) atoms. The van der Waals surface area contributed by atoms with Crippen molar-refractivity contribution in [2.24, 2.45) is 0 Å². The number of ether oxygens (including phenoxy) is 2. The van der Waals surface area contributed by atoms with E-state index in [1.165, 1.54) is 49.6 Å². The van der Waals surface area contributed by atoms with E-state index in [0.717, 1.165) is 0 Å². The summed E-state index contributed by atoms with van der Waals surface area (Å²) in [5.41, 5.74) is 1.50. The van der Waals surface area contributed by atoms with E-state index in [2.05, 4.69) is 21.2 Å². The summed E-state index contributed by atoms with van der Waals surface area (Å²) < 4.78 is 25.1. The molecular weight excluding hydrogens is 479 g/mol. The van der Waals surface area contributed by atoms with Gasteiger partial charge in [-0.2, -0.15) is 5.26 Å². The number of carbonyl (C=O) groups excluding carboxylic acids is 1. The first-order chi connectivity index (χ1) is 15.4. The first-order valence-corrected chi connectivity index (χ1v) is 10.2. The Morgan fingerprint density at radius 1 is 1.22 bits per heavy atom. The smallest absolute Gasteiger partial charge is 0.266 e. The third kappa shape index (κ3) is 5.86. The Kier molecular flexibility index (Phi) is 7.47. The number of anilines is 1. The molecule has 0 bridgehead atoms. The average molecular weight is 497 g/mol. The zero-order valence-electron chi connectivity index (χ0n) is 16.9. The Morgan fingerprint density at radius 2 is 1.97 bits per heavy atom. The number of amides is 1. The Bertz CT molecular complexity index is 1200. The van der Waals surface area contributed by atoms with Crippen molar-refractivity contribution < 1.29 is 23.8 Å². The maximum atomic E-state index is 13.4. The fourth-order valence-electron chi connectivity index (χ4n) is 2.80. The number of methoxy groups -OCH3 is 1. The number of phenols is 1. The summed E-state index contributed by atoms with van der Waals surface area (Å²) in [5.74, 6) is -0.109. The van der Waals surface area contributed by atoms with Crippen LogP contribution >= 0.6 is 15.9 Å². The first kappa shape index (κ1) is 22.8. The summed E-state index contributed by atoms with van der Waals surface area (Å²) >= 11 is 3.42. The lowest BCUT2D eigenvalue weighted by Gasteiger charge is -2.14. The van der Waals surface area contributed by atoms with Crippen LogP contribution in [0.2, 0.25) is 0 Å². The first-order valence-electron chi connectivity index (χ1n) is 9.36. The number of hydrogen-bond donors (Lipinski definition) is 2. The zero-order chi connectivity index (χ0) is 23.1. The zero-order valence-corrected chi connectivity index (χ0v) is 18.5. The quantitative estimate of drug-likeness (QED) is 0.258. The fraction of sp³-hybridized carbons (Fsp3) is 0.0833. The molecule has 0 radical (unpaired) electrons. The van der Waals surface area contributed by atoms with Gasteiger partial charge in [0.2, 0.25) is 0 Å². The van der Waals surface area contributed by atoms with Crippen molar-refractivity contribution >= 4 is 33.6 Å². The van der Waals surface area contributed by atoms with E-state index in [4.69, 9.17) is 9.47 Å². The molecule has 0 saturated carbocycles. The molecule has 0 aliphatic carbocycles. The van der Waals surface area contributed by atoms with Gasteiger partial charge in [0.25, 0.3) is 5.91 Å². The maximum absolute atomic E-state index is 13.4. The molecule has 3 aromatic rings. The molecule has 162 valence electrons. The number of nitriles is 1. The summed E-state index contributed by atoms with van der Waals surface area (Å²) in [6.07, 6.45) is 1.42. The van der Waals surface area contributed by atoms with Gasteiger partial charge in [-0.15, -0.1) is 0 Å². The number of phenolic OH excluding ortho intramolecular Hbond substituents is 1. The molecular formula is C24H18BrFN2O4. The second kappa shape index (κ2) is 10.5. The van der Waals surface area contributed by atoms with Gasteiger partial charge in [0.1, 0.15) is 29.8 Å². The van der Waals surface area contributed by atoms with E-state index in [9.17, 15) is 19.6 Å². The van der Waals surface area contributed by atoms with Gasteiger partial charge < -0.3 is 19.9 Å². The molecule has 3 rings (SSSR count). The number of nitrogens with zero attached hydrogens (tertiary/aromatic N) is 1. The molecule has 0 spiro atoms. The van der Waals surface area contributed by atoms with Crippen LogP contribution in [0.1, 0.15) is 11.1 Å². The minimum atomic E-state index is -0.597. The summed E-state index contributed by atoms with van der Waals surface area (Å²) in [6, 6.07) is 17.1. The molecule has 0 saturated heterocycles. The highest BCUT2D eigenvalue weighted by Crippen LogP contribution is 2.37. The van der Waals surface area contributed by atoms with Gasteiger partial charge in [0, 0.05) is 5.69 Å². The second-order valence-electron chi connectivity index (χ2n) is 6.62. The highest BCUT2D eigenvalue weighted by atomic mass is 79.9. The van der Waals surface area contributed by atoms with E-state index in [1.54, 1.807) is 24.3 Å². The molecule has 8 heteroatoms. The number of rotatable bonds is 7. The van der Waals surface area contributed by atoms with Crippen LogP contribution < -0.4 is 14.8 Å². The molecule has 0 aliphatic heterocycles. The predicted molar refractivity (Wildman–Crippen MR) is 122 cm³/mol. The summed E-state index contributed by atoms with van der Waals surface area (Å²) in [6.45, 7) is 0.125. The van der Waals surface area contributed by atoms with Crippen LogP contribution in [-0.2, 0) is 11.4 Å². The van der Waals surface area contributed by atoms with Crippen LogP contribution in [0.3, 0.4) is 0 Å². The molecule has 3 aromatic carbocycles. The molecule has 0 atom stereocenters. The van der Waals surface area contributed by atoms with E-state index in [1.807, 2.05) is 6.07 Å². The maximum Gasteiger partial charge on any atom is 0.266 e. The van der Waals surface area contributed by atoms with Crippen LogP contribution in [0.5, 0.6) is 17.2 Å². The molecule has 1 amide bonds. The molecule has 0 fully saturated rings. The normalized spacial score (nSPS) is 10.9. The lowest BCUT2D eigenvalue weighted by molar-refractivity contribution is -0.112. The van der Waals surface area contributed by atoms with E-state index in [-0.39, 0.29) is 23.7 Å². The van der Waals surface area contributed by atoms with Crippen LogP contribution in [0, 0.1) is 17.1 Å². The number of aromatic hydroxyl groups is 1. The third-order valence-corrected chi connectivity index (χ3v) is 4.91. The van der Waals surface area contributed by atoms with E-state index in [0.29, 0.717) is 32.8 Å². The van der Waals surface area contributed by atoms with Gasteiger partial charge in [-0.3, -0.25) is 4.79 Å². The average Bonchev–Trinajstić information content (AvgIpc) is 2.77. The van der Waals surface area contributed by atoms with Crippen molar-refractivity contribution in [1.82, 2.24) is 0 Å². The van der Waals surface area contributed by atoms with Gasteiger partial charge >= 0.3 is 0 Å². The molecule has 0 heterocycles. The van der Waals surface area contributed by atoms with Gasteiger partial charge in [-0.1, -0.05) is 12.1 Å². The Morgan fingerprint density at radius 3 is 2.62 bits per heavy atom. The van der Waals surface area contributed by atoms with Crippen LogP contribution in [0.25, 0.3) is 6.08 Å². The Labute approximate surface area is 192 Å². The van der Waals surface area contributed by atoms with Crippen molar-refractivity contribution in [1.29, 1.82) is 5.26 Å². The summed E-state index contributed by atoms with van der Waals surface area (Å²) in [5, 5.41) is 21.4. The standard InChI is InChI=1S/C24H18BrFN2O4/c1-31-22-12-16(9-17(13-27)24(30)28-19-5-7-20(29)8-6-19)11-21(25)23(22)32-14-15-3-2-4-18(26)10-15/h2-12,29H,14H2,1H3,(H,28,30)/b17-9+. The van der Waals surface area contributed by atoms with Crippen molar-refractivity contribution in [3.8, 4) is 23.3 Å². The summed E-state index contributed by atoms with van der Waals surface area (Å²) in [7, 11) is 1.47. The van der Waals surface area contributed by atoms with Crippen molar-refractivity contribution in [3.05, 3.63) is 87.7 Å². The Balaban J connectivity index is 1.81. The highest BCUT2D eigenvalue weighted by Gasteiger charge is 2.14. The van der Waals surface area contributed by atoms with Crippen LogP contribution in [0.15, 0.2) is 70.7 Å². The Hall–Kier alpha value is -3.83.